The van der Waals surface area contributed by atoms with Crippen LogP contribution in [0.4, 0.5) is 4.79 Å². The monoisotopic (exact) mass is 194 g/mol. The lowest BCUT2D eigenvalue weighted by molar-refractivity contribution is -0.125. The molecular formula is C8H10N4O2. The number of nitrogens with one attached hydrogen (secondary N) is 1. The zero-order valence-electron chi connectivity index (χ0n) is 7.73. The maximum atomic E-state index is 11.2. The second-order valence-electron chi connectivity index (χ2n) is 3.16. The van der Waals surface area contributed by atoms with Gasteiger partial charge in [0.2, 0.25) is 5.91 Å². The van der Waals surface area contributed by atoms with E-state index in [4.69, 9.17) is 0 Å². The molecular weight excluding hydrogens is 184 g/mol. The summed E-state index contributed by atoms with van der Waals surface area (Å²) in [6.45, 7) is 0.387. The first-order chi connectivity index (χ1) is 6.66. The van der Waals surface area contributed by atoms with Crippen molar-refractivity contribution in [2.45, 2.75) is 6.54 Å². The van der Waals surface area contributed by atoms with Gasteiger partial charge in [-0.3, -0.25) is 14.4 Å². The van der Waals surface area contributed by atoms with Gasteiger partial charge < -0.3 is 5.32 Å². The van der Waals surface area contributed by atoms with Crippen LogP contribution in [0.3, 0.4) is 0 Å². The maximum absolute atomic E-state index is 11.2. The Morgan fingerprint density at radius 2 is 2.36 bits per heavy atom. The fourth-order valence-corrected chi connectivity index (χ4v) is 1.35. The van der Waals surface area contributed by atoms with Crippen molar-refractivity contribution in [3.8, 4) is 0 Å². The number of nitrogens with zero attached hydrogens (tertiary/aromatic N) is 3. The van der Waals surface area contributed by atoms with Crippen molar-refractivity contribution < 1.29 is 9.59 Å². The van der Waals surface area contributed by atoms with Crippen LogP contribution in [-0.4, -0.2) is 33.2 Å². The van der Waals surface area contributed by atoms with E-state index in [-0.39, 0.29) is 18.5 Å². The molecule has 1 saturated heterocycles. The molecule has 3 amide bonds. The van der Waals surface area contributed by atoms with Crippen molar-refractivity contribution in [2.24, 2.45) is 7.05 Å². The molecule has 1 aromatic heterocycles. The Hall–Kier alpha value is -1.85. The van der Waals surface area contributed by atoms with Crippen LogP contribution in [0.15, 0.2) is 12.4 Å². The summed E-state index contributed by atoms with van der Waals surface area (Å²) in [6.07, 6.45) is 3.41. The lowest BCUT2D eigenvalue weighted by Crippen LogP contribution is -2.30. The first-order valence-electron chi connectivity index (χ1n) is 4.22. The third kappa shape index (κ3) is 1.46. The molecule has 0 radical (unpaired) electrons. The summed E-state index contributed by atoms with van der Waals surface area (Å²) < 4.78 is 1.63. The normalized spacial score (nSPS) is 16.2. The molecule has 74 valence electrons. The molecule has 1 N–H and O–H groups in total. The van der Waals surface area contributed by atoms with Gasteiger partial charge in [0.15, 0.2) is 0 Å². The lowest BCUT2D eigenvalue weighted by atomic mass is 10.3. The van der Waals surface area contributed by atoms with Gasteiger partial charge in [-0.05, 0) is 0 Å². The zero-order valence-corrected chi connectivity index (χ0v) is 7.73. The van der Waals surface area contributed by atoms with E-state index in [9.17, 15) is 9.59 Å². The number of aromatic nitrogens is 2. The predicted molar refractivity (Wildman–Crippen MR) is 47.2 cm³/mol. The van der Waals surface area contributed by atoms with Gasteiger partial charge in [0.05, 0.1) is 19.3 Å². The van der Waals surface area contributed by atoms with Crippen molar-refractivity contribution in [3.05, 3.63) is 18.0 Å². The standard InChI is InChI=1S/C8H10N4O2/c1-11-4-6(2-10-11)5-12-7(13)3-9-8(12)14/h2,4H,3,5H2,1H3,(H,9,14). The Morgan fingerprint density at radius 1 is 1.57 bits per heavy atom. The third-order valence-corrected chi connectivity index (χ3v) is 2.04. The van der Waals surface area contributed by atoms with Crippen LogP contribution in [-0.2, 0) is 18.4 Å². The third-order valence-electron chi connectivity index (χ3n) is 2.04. The average molecular weight is 194 g/mol. The van der Waals surface area contributed by atoms with E-state index in [2.05, 4.69) is 10.4 Å². The van der Waals surface area contributed by atoms with Crippen LogP contribution in [0, 0.1) is 0 Å². The predicted octanol–water partition coefficient (Wildman–Crippen LogP) is -0.528. The fraction of sp³-hybridized carbons (Fsp3) is 0.375. The van der Waals surface area contributed by atoms with Crippen LogP contribution >= 0.6 is 0 Å². The van der Waals surface area contributed by atoms with Gasteiger partial charge in [-0.1, -0.05) is 0 Å². The molecule has 1 aliphatic heterocycles. The van der Waals surface area contributed by atoms with Crippen molar-refractivity contribution in [1.82, 2.24) is 20.0 Å². The molecule has 0 unspecified atom stereocenters. The number of carbonyl (C=O) groups excluding carboxylic acids is 2. The molecule has 1 aromatic rings. The number of imide groups is 1. The first kappa shape index (κ1) is 8.74. The Bertz CT molecular complexity index is 368. The largest absolute Gasteiger partial charge is 0.329 e. The van der Waals surface area contributed by atoms with Gasteiger partial charge in [0, 0.05) is 18.8 Å². The smallest absolute Gasteiger partial charge is 0.324 e. The quantitative estimate of drug-likeness (QED) is 0.644. The summed E-state index contributed by atoms with van der Waals surface area (Å²) in [7, 11) is 1.79. The van der Waals surface area contributed by atoms with Gasteiger partial charge in [-0.15, -0.1) is 0 Å². The van der Waals surface area contributed by atoms with Gasteiger partial charge in [0.1, 0.15) is 0 Å². The molecule has 6 nitrogen and oxygen atoms in total. The molecule has 1 aliphatic rings. The Balaban J connectivity index is 2.10. The zero-order chi connectivity index (χ0) is 10.1. The second-order valence-corrected chi connectivity index (χ2v) is 3.16. The number of hydrogen-bond acceptors (Lipinski definition) is 3. The average Bonchev–Trinajstić information content (AvgIpc) is 2.67. The number of hydrogen-bond donors (Lipinski definition) is 1. The van der Waals surface area contributed by atoms with Gasteiger partial charge in [-0.2, -0.15) is 5.10 Å². The van der Waals surface area contributed by atoms with Gasteiger partial charge >= 0.3 is 6.03 Å². The number of amides is 3. The molecule has 1 fully saturated rings. The van der Waals surface area contributed by atoms with Crippen molar-refractivity contribution in [1.29, 1.82) is 0 Å². The molecule has 0 aromatic carbocycles. The van der Waals surface area contributed by atoms with Crippen LogP contribution in [0.25, 0.3) is 0 Å². The van der Waals surface area contributed by atoms with Crippen LogP contribution in [0.5, 0.6) is 0 Å². The van der Waals surface area contributed by atoms with Crippen molar-refractivity contribution in [3.63, 3.8) is 0 Å². The number of carbonyl (C=O) groups is 2. The molecule has 0 atom stereocenters. The van der Waals surface area contributed by atoms with Crippen molar-refractivity contribution >= 4 is 11.9 Å². The van der Waals surface area contributed by atoms with E-state index in [0.29, 0.717) is 6.54 Å². The van der Waals surface area contributed by atoms with Crippen LogP contribution in [0.1, 0.15) is 5.56 Å². The van der Waals surface area contributed by atoms with E-state index in [1.165, 1.54) is 4.90 Å². The lowest BCUT2D eigenvalue weighted by Gasteiger charge is -2.09. The molecule has 0 aliphatic carbocycles. The molecule has 2 rings (SSSR count). The van der Waals surface area contributed by atoms with E-state index in [1.807, 2.05) is 0 Å². The highest BCUT2D eigenvalue weighted by Gasteiger charge is 2.28. The minimum absolute atomic E-state index is 0.0963. The highest BCUT2D eigenvalue weighted by molar-refractivity contribution is 6.01. The van der Waals surface area contributed by atoms with E-state index in [1.54, 1.807) is 24.1 Å². The second kappa shape index (κ2) is 3.13. The summed E-state index contributed by atoms with van der Waals surface area (Å²) >= 11 is 0. The molecule has 0 saturated carbocycles. The van der Waals surface area contributed by atoms with Gasteiger partial charge in [-0.25, -0.2) is 4.79 Å². The minimum atomic E-state index is -0.334. The van der Waals surface area contributed by atoms with E-state index < -0.39 is 0 Å². The minimum Gasteiger partial charge on any atom is -0.329 e. The highest BCUT2D eigenvalue weighted by Crippen LogP contribution is 2.06. The summed E-state index contributed by atoms with van der Waals surface area (Å²) in [5.41, 5.74) is 0.845. The maximum Gasteiger partial charge on any atom is 0.324 e. The Morgan fingerprint density at radius 3 is 2.86 bits per heavy atom. The molecule has 6 heteroatoms. The SMILES string of the molecule is Cn1cc(CN2C(=O)CNC2=O)cn1. The Kier molecular flexibility index (Phi) is 1.95. The summed E-state index contributed by atoms with van der Waals surface area (Å²) in [5, 5.41) is 6.41. The topological polar surface area (TPSA) is 67.2 Å². The van der Waals surface area contributed by atoms with Crippen LogP contribution < -0.4 is 5.32 Å². The fourth-order valence-electron chi connectivity index (χ4n) is 1.35. The summed E-state index contributed by atoms with van der Waals surface area (Å²) in [4.78, 5) is 23.6. The Labute approximate surface area is 80.5 Å². The number of rotatable bonds is 2. The van der Waals surface area contributed by atoms with E-state index in [0.717, 1.165) is 5.56 Å². The van der Waals surface area contributed by atoms with Crippen LogP contribution in [0.2, 0.25) is 0 Å². The number of urea groups is 1. The highest BCUT2D eigenvalue weighted by atomic mass is 16.2. The molecule has 0 spiro atoms. The first-order valence-corrected chi connectivity index (χ1v) is 4.22. The molecule has 14 heavy (non-hydrogen) atoms. The summed E-state index contributed by atoms with van der Waals surface area (Å²) in [5.74, 6) is -0.196. The molecule has 2 heterocycles. The van der Waals surface area contributed by atoms with E-state index >= 15 is 0 Å². The molecule has 0 bridgehead atoms. The van der Waals surface area contributed by atoms with Crippen molar-refractivity contribution in [2.75, 3.05) is 6.54 Å². The number of aryl methyl sites for hydroxylation is 1. The summed E-state index contributed by atoms with van der Waals surface area (Å²) in [6, 6.07) is -0.334. The van der Waals surface area contributed by atoms with Gasteiger partial charge in [0.25, 0.3) is 0 Å².